The van der Waals surface area contributed by atoms with Crippen molar-refractivity contribution in [3.8, 4) is 11.1 Å². The molecule has 1 fully saturated rings. The molecular formula is C38H45ClN8O4. The van der Waals surface area contributed by atoms with Gasteiger partial charge in [0.15, 0.2) is 11.6 Å². The van der Waals surface area contributed by atoms with Crippen molar-refractivity contribution < 1.29 is 19.1 Å². The van der Waals surface area contributed by atoms with Gasteiger partial charge in [-0.1, -0.05) is 35.9 Å². The van der Waals surface area contributed by atoms with E-state index in [2.05, 4.69) is 25.8 Å². The number of halogens is 1. The number of anilines is 2. The largest absolute Gasteiger partial charge is 0.469 e. The molecule has 2 aromatic carbocycles. The number of amides is 2. The highest BCUT2D eigenvalue weighted by atomic mass is 35.5. The van der Waals surface area contributed by atoms with E-state index >= 15 is 0 Å². The molecule has 0 atom stereocenters. The van der Waals surface area contributed by atoms with Crippen molar-refractivity contribution in [3.05, 3.63) is 81.4 Å². The van der Waals surface area contributed by atoms with Crippen molar-refractivity contribution >= 4 is 40.8 Å². The van der Waals surface area contributed by atoms with Crippen LogP contribution in [-0.2, 0) is 49.6 Å². The minimum Gasteiger partial charge on any atom is -0.469 e. The summed E-state index contributed by atoms with van der Waals surface area (Å²) in [4.78, 5) is 50.8. The van der Waals surface area contributed by atoms with Crippen LogP contribution >= 0.6 is 11.6 Å². The summed E-state index contributed by atoms with van der Waals surface area (Å²) >= 11 is 6.99. The van der Waals surface area contributed by atoms with Crippen molar-refractivity contribution in [2.75, 3.05) is 37.4 Å². The highest BCUT2D eigenvalue weighted by molar-refractivity contribution is 6.36. The Morgan fingerprint density at radius 3 is 2.20 bits per heavy atom. The van der Waals surface area contributed by atoms with Crippen molar-refractivity contribution in [1.82, 2.24) is 29.3 Å². The van der Waals surface area contributed by atoms with E-state index in [0.717, 1.165) is 97.6 Å². The Balaban J connectivity index is 1.03. The average molecular weight is 713 g/mol. The molecule has 1 saturated carbocycles. The lowest BCUT2D eigenvalue weighted by molar-refractivity contribution is -0.146. The van der Waals surface area contributed by atoms with Gasteiger partial charge in [0.25, 0.3) is 11.8 Å². The molecule has 3 aliphatic rings. The van der Waals surface area contributed by atoms with E-state index in [0.29, 0.717) is 47.1 Å². The van der Waals surface area contributed by atoms with E-state index < -0.39 is 0 Å². The highest BCUT2D eigenvalue weighted by Crippen LogP contribution is 2.38. The summed E-state index contributed by atoms with van der Waals surface area (Å²) in [6.45, 7) is 6.00. The summed E-state index contributed by atoms with van der Waals surface area (Å²) in [5, 5.41) is 9.76. The van der Waals surface area contributed by atoms with Crippen LogP contribution in [-0.4, -0.2) is 68.5 Å². The number of esters is 1. The molecule has 7 rings (SSSR count). The predicted molar refractivity (Wildman–Crippen MR) is 196 cm³/mol. The molecule has 0 unspecified atom stereocenters. The first-order valence-electron chi connectivity index (χ1n) is 17.7. The standard InChI is InChI=1S/C38H45ClN8O4/c1-22-25(7-5-9-27(22)43-36(48)34-41-29-19-40-17-15-31(29)45(34)2)26-8-6-10-28(33(26)39)44-37(49)35-42-30-21-47(18-16-32(30)46(35)3)20-23-11-13-24(14-12-23)38(50)51-4/h5-10,23-24,40H,11-21H2,1-4H3,(H,43,48)(H,44,49)/t23-,24+. The first kappa shape index (κ1) is 34.9. The summed E-state index contributed by atoms with van der Waals surface area (Å²) in [5.41, 5.74) is 7.53. The second-order valence-electron chi connectivity index (χ2n) is 14.0. The van der Waals surface area contributed by atoms with E-state index in [1.165, 1.54) is 7.11 Å². The molecule has 2 aliphatic heterocycles. The molecule has 4 aromatic rings. The molecule has 268 valence electrons. The van der Waals surface area contributed by atoms with Crippen LogP contribution in [0.25, 0.3) is 11.1 Å². The lowest BCUT2D eigenvalue weighted by Gasteiger charge is -2.33. The fraction of sp³-hybridized carbons (Fsp3) is 0.447. The van der Waals surface area contributed by atoms with Gasteiger partial charge in [-0.25, -0.2) is 9.97 Å². The lowest BCUT2D eigenvalue weighted by Crippen LogP contribution is -2.36. The number of fused-ring (bicyclic) bond motifs is 2. The molecule has 13 heteroatoms. The number of carbonyl (C=O) groups excluding carboxylic acids is 3. The summed E-state index contributed by atoms with van der Waals surface area (Å²) in [5.74, 6) is 0.581. The maximum atomic E-state index is 13.7. The topological polar surface area (TPSA) is 135 Å². The Hall–Kier alpha value is -4.52. The number of aromatic nitrogens is 4. The molecule has 3 N–H and O–H groups in total. The van der Waals surface area contributed by atoms with Crippen molar-refractivity contribution in [3.63, 3.8) is 0 Å². The Labute approximate surface area is 302 Å². The summed E-state index contributed by atoms with van der Waals surface area (Å²) in [6, 6.07) is 11.2. The highest BCUT2D eigenvalue weighted by Gasteiger charge is 2.31. The second-order valence-corrected chi connectivity index (χ2v) is 14.4. The number of nitrogens with one attached hydrogen (secondary N) is 3. The van der Waals surface area contributed by atoms with Crippen molar-refractivity contribution in [2.45, 2.75) is 58.5 Å². The molecule has 0 spiro atoms. The second kappa shape index (κ2) is 14.6. The van der Waals surface area contributed by atoms with Crippen molar-refractivity contribution in [2.24, 2.45) is 25.9 Å². The minimum atomic E-state index is -0.329. The van der Waals surface area contributed by atoms with Gasteiger partial charge in [-0.3, -0.25) is 19.3 Å². The fourth-order valence-electron chi connectivity index (χ4n) is 7.97. The van der Waals surface area contributed by atoms with Crippen LogP contribution < -0.4 is 16.0 Å². The van der Waals surface area contributed by atoms with Gasteiger partial charge in [-0.2, -0.15) is 0 Å². The Kier molecular flexibility index (Phi) is 10.00. The zero-order valence-corrected chi connectivity index (χ0v) is 30.4. The third kappa shape index (κ3) is 6.92. The molecule has 12 nitrogen and oxygen atoms in total. The zero-order valence-electron chi connectivity index (χ0n) is 29.6. The van der Waals surface area contributed by atoms with Crippen LogP contribution in [0.2, 0.25) is 5.02 Å². The van der Waals surface area contributed by atoms with E-state index in [4.69, 9.17) is 21.3 Å². The number of imidazole rings is 2. The Morgan fingerprint density at radius 2 is 1.51 bits per heavy atom. The first-order valence-corrected chi connectivity index (χ1v) is 18.1. The van der Waals surface area contributed by atoms with E-state index in [1.54, 1.807) is 6.07 Å². The number of hydrogen-bond donors (Lipinski definition) is 3. The number of nitrogens with zero attached hydrogens (tertiary/aromatic N) is 5. The van der Waals surface area contributed by atoms with Crippen molar-refractivity contribution in [1.29, 1.82) is 0 Å². The molecule has 0 bridgehead atoms. The van der Waals surface area contributed by atoms with Crippen LogP contribution in [0.15, 0.2) is 36.4 Å². The van der Waals surface area contributed by atoms with E-state index in [-0.39, 0.29) is 23.7 Å². The molecule has 4 heterocycles. The molecular weight excluding hydrogens is 668 g/mol. The van der Waals surface area contributed by atoms with Gasteiger partial charge >= 0.3 is 5.97 Å². The van der Waals surface area contributed by atoms with Gasteiger partial charge in [-0.15, -0.1) is 0 Å². The maximum Gasteiger partial charge on any atom is 0.308 e. The molecule has 0 radical (unpaired) electrons. The number of methoxy groups -OCH3 is 1. The quantitative estimate of drug-likeness (QED) is 0.211. The smallest absolute Gasteiger partial charge is 0.308 e. The maximum absolute atomic E-state index is 13.7. The van der Waals surface area contributed by atoms with Gasteiger partial charge in [0.2, 0.25) is 0 Å². The monoisotopic (exact) mass is 712 g/mol. The summed E-state index contributed by atoms with van der Waals surface area (Å²) in [7, 11) is 5.24. The molecule has 2 amide bonds. The minimum absolute atomic E-state index is 0.0214. The third-order valence-electron chi connectivity index (χ3n) is 10.9. The Bertz CT molecular complexity index is 1990. The predicted octanol–water partition coefficient (Wildman–Crippen LogP) is 5.27. The van der Waals surface area contributed by atoms with Gasteiger partial charge in [0.05, 0.1) is 35.1 Å². The van der Waals surface area contributed by atoms with Crippen LogP contribution in [0.5, 0.6) is 0 Å². The van der Waals surface area contributed by atoms with Gasteiger partial charge in [0, 0.05) is 82.3 Å². The van der Waals surface area contributed by atoms with Crippen LogP contribution in [0.3, 0.4) is 0 Å². The van der Waals surface area contributed by atoms with E-state index in [9.17, 15) is 14.4 Å². The number of hydrogen-bond acceptors (Lipinski definition) is 8. The Morgan fingerprint density at radius 1 is 0.882 bits per heavy atom. The molecule has 0 saturated heterocycles. The van der Waals surface area contributed by atoms with Crippen LogP contribution in [0, 0.1) is 18.8 Å². The lowest BCUT2D eigenvalue weighted by atomic mass is 9.81. The number of benzene rings is 2. The molecule has 51 heavy (non-hydrogen) atoms. The van der Waals surface area contributed by atoms with E-state index in [1.807, 2.05) is 60.5 Å². The van der Waals surface area contributed by atoms with Gasteiger partial charge in [0.1, 0.15) is 0 Å². The molecule has 2 aromatic heterocycles. The zero-order chi connectivity index (χ0) is 35.8. The van der Waals surface area contributed by atoms with Gasteiger partial charge in [-0.05, 0) is 61.8 Å². The normalized spacial score (nSPS) is 18.8. The average Bonchev–Trinajstić information content (AvgIpc) is 3.66. The SMILES string of the molecule is COC(=O)[C@H]1CC[C@@H](CN2CCc3c(nc(C(=O)Nc4cccc(-c5cccc(NC(=O)c6nc7c(n6C)CCNC7)c5C)c4Cl)n3C)C2)CC1. The molecule has 1 aliphatic carbocycles. The van der Waals surface area contributed by atoms with Crippen LogP contribution in [0.4, 0.5) is 11.4 Å². The fourth-order valence-corrected chi connectivity index (χ4v) is 8.24. The number of rotatable bonds is 8. The van der Waals surface area contributed by atoms with Gasteiger partial charge < -0.3 is 29.8 Å². The number of carbonyl (C=O) groups is 3. The number of ether oxygens (including phenoxy) is 1. The van der Waals surface area contributed by atoms with Crippen LogP contribution in [0.1, 0.15) is 75.3 Å². The summed E-state index contributed by atoms with van der Waals surface area (Å²) < 4.78 is 8.72. The first-order chi connectivity index (χ1) is 24.6. The third-order valence-corrected chi connectivity index (χ3v) is 11.3. The summed E-state index contributed by atoms with van der Waals surface area (Å²) in [6.07, 6.45) is 5.42.